The number of benzene rings is 1. The van der Waals surface area contributed by atoms with Crippen molar-refractivity contribution in [2.45, 2.75) is 12.8 Å². The summed E-state index contributed by atoms with van der Waals surface area (Å²) in [5.41, 5.74) is 6.77. The lowest BCUT2D eigenvalue weighted by molar-refractivity contribution is -0.120. The van der Waals surface area contributed by atoms with Crippen LogP contribution in [-0.2, 0) is 21.2 Å². The van der Waals surface area contributed by atoms with Gasteiger partial charge in [-0.05, 0) is 24.1 Å². The molecule has 7 heteroatoms. The fourth-order valence-corrected chi connectivity index (χ4v) is 2.08. The molecule has 1 aromatic rings. The summed E-state index contributed by atoms with van der Waals surface area (Å²) in [5.74, 6) is -0.0382. The van der Waals surface area contributed by atoms with E-state index in [1.807, 2.05) is 0 Å². The highest BCUT2D eigenvalue weighted by Crippen LogP contribution is 2.12. The third kappa shape index (κ3) is 6.78. The number of nitrogens with two attached hydrogens (primary N) is 1. The molecule has 4 N–H and O–H groups in total. The molecule has 6 nitrogen and oxygen atoms in total. The van der Waals surface area contributed by atoms with Gasteiger partial charge < -0.3 is 11.1 Å². The predicted octanol–water partition coefficient (Wildman–Crippen LogP) is 0.0656. The van der Waals surface area contributed by atoms with Gasteiger partial charge in [-0.1, -0.05) is 12.1 Å². The topological polar surface area (TPSA) is 101 Å². The first-order valence-electron chi connectivity index (χ1n) is 5.94. The summed E-state index contributed by atoms with van der Waals surface area (Å²) in [6.07, 6.45) is 2.09. The second-order valence-corrected chi connectivity index (χ2v) is 5.96. The average molecular weight is 285 g/mol. The zero-order valence-corrected chi connectivity index (χ0v) is 11.7. The molecular weight excluding hydrogens is 266 g/mol. The monoisotopic (exact) mass is 285 g/mol. The van der Waals surface area contributed by atoms with Gasteiger partial charge in [0.1, 0.15) is 0 Å². The summed E-state index contributed by atoms with van der Waals surface area (Å²) < 4.78 is 24.4. The number of rotatable bonds is 7. The number of amides is 1. The predicted molar refractivity (Wildman–Crippen MR) is 75.3 cm³/mol. The molecule has 1 aromatic carbocycles. The van der Waals surface area contributed by atoms with E-state index in [1.54, 1.807) is 24.3 Å². The number of hydrogen-bond acceptors (Lipinski definition) is 4. The van der Waals surface area contributed by atoms with E-state index in [-0.39, 0.29) is 5.91 Å². The van der Waals surface area contributed by atoms with Crippen molar-refractivity contribution in [1.29, 1.82) is 0 Å². The standard InChI is InChI=1S/C12H19N3O3S/c1-19(17,18)15-11-5-2-10(3-6-11)4-7-12(16)14-9-8-13/h2-3,5-6,15H,4,7-9,13H2,1H3,(H,14,16). The van der Waals surface area contributed by atoms with Crippen molar-refractivity contribution in [1.82, 2.24) is 5.32 Å². The molecule has 0 aliphatic heterocycles. The Balaban J connectivity index is 2.46. The van der Waals surface area contributed by atoms with Crippen LogP contribution in [-0.4, -0.2) is 33.7 Å². The average Bonchev–Trinajstić information content (AvgIpc) is 2.33. The van der Waals surface area contributed by atoms with Crippen molar-refractivity contribution in [3.63, 3.8) is 0 Å². The summed E-state index contributed by atoms with van der Waals surface area (Å²) in [4.78, 5) is 11.4. The summed E-state index contributed by atoms with van der Waals surface area (Å²) >= 11 is 0. The molecule has 0 unspecified atom stereocenters. The molecule has 0 spiro atoms. The van der Waals surface area contributed by atoms with Gasteiger partial charge in [0.2, 0.25) is 15.9 Å². The van der Waals surface area contributed by atoms with Gasteiger partial charge in [0.05, 0.1) is 6.26 Å². The van der Waals surface area contributed by atoms with Crippen LogP contribution in [0.15, 0.2) is 24.3 Å². The van der Waals surface area contributed by atoms with Gasteiger partial charge in [-0.15, -0.1) is 0 Å². The minimum absolute atomic E-state index is 0.0382. The van der Waals surface area contributed by atoms with E-state index in [4.69, 9.17) is 5.73 Å². The van der Waals surface area contributed by atoms with Crippen molar-refractivity contribution in [3.8, 4) is 0 Å². The Morgan fingerprint density at radius 2 is 1.89 bits per heavy atom. The molecule has 0 saturated carbocycles. The molecule has 0 saturated heterocycles. The number of carbonyl (C=O) groups is 1. The Morgan fingerprint density at radius 3 is 2.42 bits per heavy atom. The van der Waals surface area contributed by atoms with Gasteiger partial charge in [-0.2, -0.15) is 0 Å². The van der Waals surface area contributed by atoms with Gasteiger partial charge in [0, 0.05) is 25.2 Å². The quantitative estimate of drug-likeness (QED) is 0.659. The molecular formula is C12H19N3O3S. The summed E-state index contributed by atoms with van der Waals surface area (Å²) in [5, 5.41) is 2.69. The molecule has 0 radical (unpaired) electrons. The van der Waals surface area contributed by atoms with Crippen LogP contribution in [0.3, 0.4) is 0 Å². The Hall–Kier alpha value is -1.60. The smallest absolute Gasteiger partial charge is 0.229 e. The number of carbonyl (C=O) groups excluding carboxylic acids is 1. The van der Waals surface area contributed by atoms with E-state index in [0.717, 1.165) is 11.8 Å². The van der Waals surface area contributed by atoms with Gasteiger partial charge in [0.15, 0.2) is 0 Å². The molecule has 1 amide bonds. The lowest BCUT2D eigenvalue weighted by Gasteiger charge is -2.06. The summed E-state index contributed by atoms with van der Waals surface area (Å²) in [6.45, 7) is 0.910. The maximum Gasteiger partial charge on any atom is 0.229 e. The fraction of sp³-hybridized carbons (Fsp3) is 0.417. The molecule has 19 heavy (non-hydrogen) atoms. The van der Waals surface area contributed by atoms with E-state index < -0.39 is 10.0 Å². The third-order valence-electron chi connectivity index (χ3n) is 2.36. The van der Waals surface area contributed by atoms with E-state index >= 15 is 0 Å². The van der Waals surface area contributed by atoms with Crippen LogP contribution in [0.5, 0.6) is 0 Å². The van der Waals surface area contributed by atoms with Crippen molar-refractivity contribution >= 4 is 21.6 Å². The van der Waals surface area contributed by atoms with Gasteiger partial charge in [-0.3, -0.25) is 9.52 Å². The molecule has 0 aliphatic rings. The van der Waals surface area contributed by atoms with Crippen molar-refractivity contribution < 1.29 is 13.2 Å². The second kappa shape index (κ2) is 7.10. The van der Waals surface area contributed by atoms with E-state index in [0.29, 0.717) is 31.6 Å². The Labute approximate surface area is 113 Å². The maximum absolute atomic E-state index is 11.4. The van der Waals surface area contributed by atoms with Crippen LogP contribution in [0.25, 0.3) is 0 Å². The van der Waals surface area contributed by atoms with Crippen LogP contribution in [0.2, 0.25) is 0 Å². The SMILES string of the molecule is CS(=O)(=O)Nc1ccc(CCC(=O)NCCN)cc1. The first-order valence-corrected chi connectivity index (χ1v) is 7.83. The molecule has 0 bridgehead atoms. The zero-order valence-electron chi connectivity index (χ0n) is 10.8. The van der Waals surface area contributed by atoms with Crippen LogP contribution in [0.1, 0.15) is 12.0 Å². The van der Waals surface area contributed by atoms with Crippen LogP contribution < -0.4 is 15.8 Å². The minimum atomic E-state index is -3.25. The van der Waals surface area contributed by atoms with Crippen molar-refractivity contribution in [2.75, 3.05) is 24.1 Å². The molecule has 0 heterocycles. The van der Waals surface area contributed by atoms with Gasteiger partial charge in [0.25, 0.3) is 0 Å². The number of hydrogen-bond donors (Lipinski definition) is 3. The number of aryl methyl sites for hydroxylation is 1. The molecule has 1 rings (SSSR count). The number of nitrogens with one attached hydrogen (secondary N) is 2. The summed E-state index contributed by atoms with van der Waals surface area (Å²) in [7, 11) is -3.25. The highest BCUT2D eigenvalue weighted by Gasteiger charge is 2.03. The largest absolute Gasteiger partial charge is 0.355 e. The van der Waals surface area contributed by atoms with E-state index in [1.165, 1.54) is 0 Å². The zero-order chi connectivity index (χ0) is 14.3. The molecule has 0 fully saturated rings. The highest BCUT2D eigenvalue weighted by molar-refractivity contribution is 7.92. The Kier molecular flexibility index (Phi) is 5.78. The van der Waals surface area contributed by atoms with Crippen LogP contribution in [0.4, 0.5) is 5.69 Å². The lowest BCUT2D eigenvalue weighted by Crippen LogP contribution is -2.29. The first kappa shape index (κ1) is 15.5. The molecule has 0 atom stereocenters. The van der Waals surface area contributed by atoms with Gasteiger partial charge >= 0.3 is 0 Å². The normalized spacial score (nSPS) is 11.1. The molecule has 0 aromatic heterocycles. The van der Waals surface area contributed by atoms with Crippen LogP contribution >= 0.6 is 0 Å². The lowest BCUT2D eigenvalue weighted by atomic mass is 10.1. The van der Waals surface area contributed by atoms with Crippen molar-refractivity contribution in [3.05, 3.63) is 29.8 Å². The Bertz CT molecular complexity index is 512. The van der Waals surface area contributed by atoms with Crippen molar-refractivity contribution in [2.24, 2.45) is 5.73 Å². The van der Waals surface area contributed by atoms with E-state index in [9.17, 15) is 13.2 Å². The minimum Gasteiger partial charge on any atom is -0.355 e. The summed E-state index contributed by atoms with van der Waals surface area (Å²) in [6, 6.07) is 6.94. The fourth-order valence-electron chi connectivity index (χ4n) is 1.51. The third-order valence-corrected chi connectivity index (χ3v) is 2.97. The first-order chi connectivity index (χ1) is 8.90. The number of anilines is 1. The molecule has 0 aliphatic carbocycles. The van der Waals surface area contributed by atoms with Gasteiger partial charge in [-0.25, -0.2) is 8.42 Å². The highest BCUT2D eigenvalue weighted by atomic mass is 32.2. The van der Waals surface area contributed by atoms with Crippen LogP contribution in [0, 0.1) is 0 Å². The maximum atomic E-state index is 11.4. The van der Waals surface area contributed by atoms with E-state index in [2.05, 4.69) is 10.0 Å². The Morgan fingerprint density at radius 1 is 1.26 bits per heavy atom. The number of sulfonamides is 1. The molecule has 106 valence electrons. The second-order valence-electron chi connectivity index (χ2n) is 4.21.